The molecule has 1 aromatic rings. The van der Waals surface area contributed by atoms with Crippen LogP contribution in [0.15, 0.2) is 24.3 Å². The first-order chi connectivity index (χ1) is 9.04. The second kappa shape index (κ2) is 6.25. The normalized spacial score (nSPS) is 19.9. The van der Waals surface area contributed by atoms with Crippen molar-refractivity contribution in [1.29, 1.82) is 0 Å². The molecule has 0 spiro atoms. The third-order valence-corrected chi connectivity index (χ3v) is 3.65. The highest BCUT2D eigenvalue weighted by molar-refractivity contribution is 7.92. The minimum absolute atomic E-state index is 0.486. The van der Waals surface area contributed by atoms with Crippen molar-refractivity contribution in [3.8, 4) is 0 Å². The summed E-state index contributed by atoms with van der Waals surface area (Å²) in [5.41, 5.74) is 1.39. The topological polar surface area (TPSA) is 67.4 Å². The van der Waals surface area contributed by atoms with Gasteiger partial charge in [0, 0.05) is 13.2 Å². The monoisotopic (exact) mass is 284 g/mol. The highest BCUT2D eigenvalue weighted by atomic mass is 32.2. The van der Waals surface area contributed by atoms with E-state index in [0.717, 1.165) is 44.5 Å². The molecule has 0 aliphatic carbocycles. The fourth-order valence-corrected chi connectivity index (χ4v) is 2.73. The number of hydrogen-bond acceptors (Lipinski definition) is 4. The van der Waals surface area contributed by atoms with Crippen LogP contribution in [0.3, 0.4) is 0 Å². The molecule has 5 nitrogen and oxygen atoms in total. The Hall–Kier alpha value is -1.27. The first-order valence-electron chi connectivity index (χ1n) is 6.43. The van der Waals surface area contributed by atoms with E-state index in [1.54, 1.807) is 6.07 Å². The maximum atomic E-state index is 11.3. The zero-order valence-corrected chi connectivity index (χ0v) is 11.9. The molecule has 0 amide bonds. The highest BCUT2D eigenvalue weighted by Gasteiger charge is 2.14. The van der Waals surface area contributed by atoms with Crippen LogP contribution in [-0.4, -0.2) is 34.4 Å². The second-order valence-electron chi connectivity index (χ2n) is 4.88. The number of hydrogen-bond donors (Lipinski definition) is 2. The molecule has 1 unspecified atom stereocenters. The van der Waals surface area contributed by atoms with Crippen molar-refractivity contribution in [1.82, 2.24) is 0 Å². The molecule has 1 aliphatic rings. The van der Waals surface area contributed by atoms with E-state index in [0.29, 0.717) is 11.6 Å². The largest absolute Gasteiger partial charge is 0.383 e. The summed E-state index contributed by atoms with van der Waals surface area (Å²) >= 11 is 0. The fourth-order valence-electron chi connectivity index (χ4n) is 2.15. The SMILES string of the molecule is CS(=O)(=O)Nc1ccccc1NCC1CCCOC1. The Morgan fingerprint density at radius 2 is 2.05 bits per heavy atom. The Morgan fingerprint density at radius 3 is 2.68 bits per heavy atom. The molecule has 106 valence electrons. The maximum Gasteiger partial charge on any atom is 0.229 e. The molecule has 1 heterocycles. The number of sulfonamides is 1. The number of rotatable bonds is 5. The zero-order valence-electron chi connectivity index (χ0n) is 11.1. The van der Waals surface area contributed by atoms with Crippen LogP contribution < -0.4 is 10.0 Å². The van der Waals surface area contributed by atoms with Crippen molar-refractivity contribution in [2.45, 2.75) is 12.8 Å². The van der Waals surface area contributed by atoms with Crippen molar-refractivity contribution >= 4 is 21.4 Å². The van der Waals surface area contributed by atoms with Crippen LogP contribution in [0.25, 0.3) is 0 Å². The molecule has 1 saturated heterocycles. The van der Waals surface area contributed by atoms with Gasteiger partial charge in [-0.1, -0.05) is 12.1 Å². The number of para-hydroxylation sites is 2. The standard InChI is InChI=1S/C13H20N2O3S/c1-19(16,17)15-13-7-3-2-6-12(13)14-9-11-5-4-8-18-10-11/h2-3,6-7,11,14-15H,4-5,8-10H2,1H3. The Labute approximate surface area is 114 Å². The van der Waals surface area contributed by atoms with Crippen LogP contribution >= 0.6 is 0 Å². The number of nitrogens with one attached hydrogen (secondary N) is 2. The summed E-state index contributed by atoms with van der Waals surface area (Å²) in [6.45, 7) is 2.42. The Balaban J connectivity index is 1.99. The lowest BCUT2D eigenvalue weighted by molar-refractivity contribution is 0.0595. The van der Waals surface area contributed by atoms with E-state index in [1.807, 2.05) is 18.2 Å². The predicted molar refractivity (Wildman–Crippen MR) is 76.9 cm³/mol. The number of anilines is 2. The van der Waals surface area contributed by atoms with E-state index in [9.17, 15) is 8.42 Å². The van der Waals surface area contributed by atoms with Crippen molar-refractivity contribution in [3.63, 3.8) is 0 Å². The predicted octanol–water partition coefficient (Wildman–Crippen LogP) is 1.90. The lowest BCUT2D eigenvalue weighted by atomic mass is 10.0. The molecular formula is C13H20N2O3S. The first-order valence-corrected chi connectivity index (χ1v) is 8.32. The van der Waals surface area contributed by atoms with Gasteiger partial charge in [-0.05, 0) is 30.9 Å². The smallest absolute Gasteiger partial charge is 0.229 e. The Morgan fingerprint density at radius 1 is 1.32 bits per heavy atom. The summed E-state index contributed by atoms with van der Waals surface area (Å²) in [7, 11) is -3.26. The minimum atomic E-state index is -3.26. The minimum Gasteiger partial charge on any atom is -0.383 e. The van der Waals surface area contributed by atoms with Gasteiger partial charge in [0.15, 0.2) is 0 Å². The molecule has 1 fully saturated rings. The molecule has 2 rings (SSSR count). The van der Waals surface area contributed by atoms with E-state index >= 15 is 0 Å². The average Bonchev–Trinajstić information content (AvgIpc) is 2.37. The van der Waals surface area contributed by atoms with Crippen molar-refractivity contribution in [3.05, 3.63) is 24.3 Å². The first kappa shape index (κ1) is 14.1. The van der Waals surface area contributed by atoms with Gasteiger partial charge in [0.05, 0.1) is 24.2 Å². The van der Waals surface area contributed by atoms with Gasteiger partial charge >= 0.3 is 0 Å². The molecule has 0 radical (unpaired) electrons. The van der Waals surface area contributed by atoms with Gasteiger partial charge in [0.2, 0.25) is 10.0 Å². The van der Waals surface area contributed by atoms with E-state index < -0.39 is 10.0 Å². The van der Waals surface area contributed by atoms with Gasteiger partial charge < -0.3 is 10.1 Å². The van der Waals surface area contributed by atoms with E-state index in [1.165, 1.54) is 0 Å². The molecule has 1 aromatic carbocycles. The summed E-state index contributed by atoms with van der Waals surface area (Å²) in [4.78, 5) is 0. The molecular weight excluding hydrogens is 264 g/mol. The van der Waals surface area contributed by atoms with Gasteiger partial charge in [-0.15, -0.1) is 0 Å². The fraction of sp³-hybridized carbons (Fsp3) is 0.538. The van der Waals surface area contributed by atoms with Crippen molar-refractivity contribution in [2.24, 2.45) is 5.92 Å². The van der Waals surface area contributed by atoms with Crippen LogP contribution in [0.1, 0.15) is 12.8 Å². The molecule has 1 atom stereocenters. The van der Waals surface area contributed by atoms with Gasteiger partial charge in [-0.2, -0.15) is 0 Å². The number of ether oxygens (including phenoxy) is 1. The van der Waals surface area contributed by atoms with Crippen molar-refractivity contribution in [2.75, 3.05) is 36.1 Å². The van der Waals surface area contributed by atoms with E-state index in [-0.39, 0.29) is 0 Å². The second-order valence-corrected chi connectivity index (χ2v) is 6.63. The summed E-state index contributed by atoms with van der Waals surface area (Å²) in [5, 5.41) is 3.30. The molecule has 19 heavy (non-hydrogen) atoms. The van der Waals surface area contributed by atoms with E-state index in [2.05, 4.69) is 10.0 Å². The molecule has 1 aliphatic heterocycles. The van der Waals surface area contributed by atoms with Crippen LogP contribution in [0.4, 0.5) is 11.4 Å². The lowest BCUT2D eigenvalue weighted by Gasteiger charge is -2.23. The molecule has 0 aromatic heterocycles. The Kier molecular flexibility index (Phi) is 4.66. The summed E-state index contributed by atoms with van der Waals surface area (Å²) in [6, 6.07) is 7.31. The van der Waals surface area contributed by atoms with Crippen LogP contribution in [0.2, 0.25) is 0 Å². The van der Waals surface area contributed by atoms with Gasteiger partial charge in [-0.3, -0.25) is 4.72 Å². The molecule has 2 N–H and O–H groups in total. The molecule has 6 heteroatoms. The van der Waals surface area contributed by atoms with E-state index in [4.69, 9.17) is 4.74 Å². The Bertz CT molecular complexity index is 510. The third kappa shape index (κ3) is 4.72. The van der Waals surface area contributed by atoms with Crippen LogP contribution in [0, 0.1) is 5.92 Å². The zero-order chi connectivity index (χ0) is 13.7. The van der Waals surface area contributed by atoms with Gasteiger partial charge in [0.25, 0.3) is 0 Å². The lowest BCUT2D eigenvalue weighted by Crippen LogP contribution is -2.24. The molecule has 0 bridgehead atoms. The van der Waals surface area contributed by atoms with Gasteiger partial charge in [0.1, 0.15) is 0 Å². The quantitative estimate of drug-likeness (QED) is 0.866. The highest BCUT2D eigenvalue weighted by Crippen LogP contribution is 2.23. The summed E-state index contributed by atoms with van der Waals surface area (Å²) < 4.78 is 30.5. The van der Waals surface area contributed by atoms with Gasteiger partial charge in [-0.25, -0.2) is 8.42 Å². The number of benzene rings is 1. The summed E-state index contributed by atoms with van der Waals surface area (Å²) in [5.74, 6) is 0.486. The van der Waals surface area contributed by atoms with Crippen LogP contribution in [0.5, 0.6) is 0 Å². The third-order valence-electron chi connectivity index (χ3n) is 3.06. The maximum absolute atomic E-state index is 11.3. The molecule has 0 saturated carbocycles. The average molecular weight is 284 g/mol. The van der Waals surface area contributed by atoms with Crippen molar-refractivity contribution < 1.29 is 13.2 Å². The van der Waals surface area contributed by atoms with Crippen LogP contribution in [-0.2, 0) is 14.8 Å². The summed E-state index contributed by atoms with van der Waals surface area (Å²) in [6.07, 6.45) is 3.39.